The monoisotopic (exact) mass is 504 g/mol. The molecular weight excluding hydrogens is 472 g/mol. The number of piperazine rings is 1. The second-order valence-electron chi connectivity index (χ2n) is 9.93. The maximum absolute atomic E-state index is 12.6. The summed E-state index contributed by atoms with van der Waals surface area (Å²) in [6.07, 6.45) is 3.90. The van der Waals surface area contributed by atoms with Gasteiger partial charge in [0, 0.05) is 57.0 Å². The van der Waals surface area contributed by atoms with Gasteiger partial charge >= 0.3 is 0 Å². The zero-order chi connectivity index (χ0) is 25.5. The molecule has 0 radical (unpaired) electrons. The molecule has 3 fully saturated rings. The van der Waals surface area contributed by atoms with Crippen molar-refractivity contribution in [3.63, 3.8) is 0 Å². The van der Waals surface area contributed by atoms with Gasteiger partial charge in [-0.25, -0.2) is 4.98 Å². The van der Waals surface area contributed by atoms with Crippen molar-refractivity contribution in [2.75, 3.05) is 43.1 Å². The molecule has 6 heterocycles. The Hall–Kier alpha value is -3.31. The Balaban J connectivity index is 1.25. The lowest BCUT2D eigenvalue weighted by Crippen LogP contribution is -2.57. The van der Waals surface area contributed by atoms with Gasteiger partial charge in [-0.2, -0.15) is 0 Å². The molecule has 3 aromatic rings. The van der Waals surface area contributed by atoms with Gasteiger partial charge < -0.3 is 29.4 Å². The van der Waals surface area contributed by atoms with Gasteiger partial charge in [-0.05, 0) is 31.2 Å². The Morgan fingerprint density at radius 2 is 1.97 bits per heavy atom. The largest absolute Gasteiger partial charge is 0.388 e. The van der Waals surface area contributed by atoms with E-state index in [2.05, 4.69) is 38.1 Å². The summed E-state index contributed by atoms with van der Waals surface area (Å²) in [4.78, 5) is 26.6. The summed E-state index contributed by atoms with van der Waals surface area (Å²) < 4.78 is 12.8. The van der Waals surface area contributed by atoms with Crippen LogP contribution >= 0.6 is 0 Å². The number of aromatic nitrogens is 3. The zero-order valence-corrected chi connectivity index (χ0v) is 21.1. The van der Waals surface area contributed by atoms with E-state index in [4.69, 9.17) is 9.47 Å². The van der Waals surface area contributed by atoms with Crippen LogP contribution in [-0.2, 0) is 16.5 Å². The van der Waals surface area contributed by atoms with Crippen LogP contribution in [0.3, 0.4) is 0 Å². The van der Waals surface area contributed by atoms with Crippen LogP contribution in [0, 0.1) is 0 Å². The molecule has 2 N–H and O–H groups in total. The summed E-state index contributed by atoms with van der Waals surface area (Å²) in [6.45, 7) is 6.27. The van der Waals surface area contributed by atoms with Gasteiger partial charge in [0.2, 0.25) is 0 Å². The minimum absolute atomic E-state index is 0.157. The van der Waals surface area contributed by atoms with Crippen molar-refractivity contribution < 1.29 is 14.6 Å². The summed E-state index contributed by atoms with van der Waals surface area (Å²) in [6, 6.07) is 11.3. The molecule has 194 valence electrons. The number of anilines is 3. The fourth-order valence-electron chi connectivity index (χ4n) is 5.35. The van der Waals surface area contributed by atoms with Crippen LogP contribution in [0.4, 0.5) is 17.2 Å². The zero-order valence-electron chi connectivity index (χ0n) is 21.1. The van der Waals surface area contributed by atoms with Crippen molar-refractivity contribution in [2.45, 2.75) is 37.8 Å². The minimum atomic E-state index is -0.597. The van der Waals surface area contributed by atoms with Crippen molar-refractivity contribution in [3.05, 3.63) is 64.7 Å². The molecule has 37 heavy (non-hydrogen) atoms. The van der Waals surface area contributed by atoms with Crippen molar-refractivity contribution in [3.8, 4) is 11.4 Å². The number of ether oxygens (including phenoxy) is 2. The number of nitrogens with zero attached hydrogens (tertiary/aromatic N) is 5. The van der Waals surface area contributed by atoms with Crippen LogP contribution in [0.15, 0.2) is 53.6 Å². The molecule has 10 nitrogen and oxygen atoms in total. The average Bonchev–Trinajstić information content (AvgIpc) is 2.86. The minimum Gasteiger partial charge on any atom is -0.388 e. The second-order valence-corrected chi connectivity index (χ2v) is 9.93. The number of rotatable bonds is 6. The van der Waals surface area contributed by atoms with Crippen LogP contribution in [0.5, 0.6) is 0 Å². The molecule has 0 aromatic carbocycles. The maximum atomic E-state index is 12.6. The molecule has 0 bridgehead atoms. The predicted molar refractivity (Wildman–Crippen MR) is 140 cm³/mol. The standard InChI is InChI=1S/C27H32N6O4/c1-17-15-32(24-9-13-36-24)11-12-33(17)18-5-7-22(29-14-18)30-20-6-8-23(35)31(2)26(20)25-19(4-3-10-28-25)27-21(34)16-37-27/h3-8,10,14,17,21,24,27,34H,9,11-13,15-16H2,1-2H3,(H,29,30). The molecule has 10 heteroatoms. The third-order valence-electron chi connectivity index (χ3n) is 7.56. The second kappa shape index (κ2) is 9.86. The third-order valence-corrected chi connectivity index (χ3v) is 7.56. The molecule has 0 aliphatic carbocycles. The molecule has 3 saturated heterocycles. The molecule has 6 rings (SSSR count). The van der Waals surface area contributed by atoms with E-state index in [1.54, 1.807) is 23.9 Å². The number of nitrogens with one attached hydrogen (secondary N) is 1. The first-order chi connectivity index (χ1) is 18.0. The normalized spacial score (nSPS) is 25.9. The fraction of sp³-hybridized carbons (Fsp3) is 0.444. The summed E-state index contributed by atoms with van der Waals surface area (Å²) in [5.74, 6) is 0.662. The van der Waals surface area contributed by atoms with E-state index >= 15 is 0 Å². The molecule has 3 aliphatic heterocycles. The Kier molecular flexibility index (Phi) is 6.41. The number of aliphatic hydroxyl groups is 1. The number of hydrogen-bond donors (Lipinski definition) is 2. The van der Waals surface area contributed by atoms with Crippen molar-refractivity contribution >= 4 is 17.2 Å². The third kappa shape index (κ3) is 4.50. The quantitative estimate of drug-likeness (QED) is 0.523. The van der Waals surface area contributed by atoms with Gasteiger partial charge in [0.15, 0.2) is 0 Å². The number of pyridine rings is 3. The predicted octanol–water partition coefficient (Wildman–Crippen LogP) is 2.27. The average molecular weight is 505 g/mol. The summed E-state index contributed by atoms with van der Waals surface area (Å²) in [5.41, 5.74) is 3.56. The van der Waals surface area contributed by atoms with Crippen LogP contribution in [0.25, 0.3) is 11.4 Å². The fourth-order valence-corrected chi connectivity index (χ4v) is 5.35. The maximum Gasteiger partial charge on any atom is 0.250 e. The SMILES string of the molecule is CC1CN(C2CCO2)CCN1c1ccc(Nc2ccc(=O)n(C)c2-c2ncccc2C2OCC2O)nc1. The molecule has 0 spiro atoms. The lowest BCUT2D eigenvalue weighted by molar-refractivity contribution is -0.165. The Labute approximate surface area is 215 Å². The van der Waals surface area contributed by atoms with Gasteiger partial charge in [0.1, 0.15) is 24.3 Å². The van der Waals surface area contributed by atoms with E-state index in [9.17, 15) is 9.90 Å². The first-order valence-electron chi connectivity index (χ1n) is 12.8. The molecule has 0 saturated carbocycles. The number of hydrogen-bond acceptors (Lipinski definition) is 9. The van der Waals surface area contributed by atoms with Crippen molar-refractivity contribution in [1.29, 1.82) is 0 Å². The van der Waals surface area contributed by atoms with Gasteiger partial charge in [-0.15, -0.1) is 0 Å². The van der Waals surface area contributed by atoms with E-state index in [-0.39, 0.29) is 18.4 Å². The van der Waals surface area contributed by atoms with E-state index < -0.39 is 12.2 Å². The van der Waals surface area contributed by atoms with Crippen LogP contribution < -0.4 is 15.8 Å². The molecular formula is C27H32N6O4. The highest BCUT2D eigenvalue weighted by atomic mass is 16.5. The highest BCUT2D eigenvalue weighted by Crippen LogP contribution is 2.38. The first kappa shape index (κ1) is 24.1. The highest BCUT2D eigenvalue weighted by molar-refractivity contribution is 5.77. The smallest absolute Gasteiger partial charge is 0.250 e. The van der Waals surface area contributed by atoms with E-state index in [1.165, 1.54) is 6.07 Å². The highest BCUT2D eigenvalue weighted by Gasteiger charge is 2.35. The van der Waals surface area contributed by atoms with Crippen molar-refractivity contribution in [2.24, 2.45) is 7.05 Å². The van der Waals surface area contributed by atoms with Gasteiger partial charge in [0.25, 0.3) is 5.56 Å². The first-order valence-corrected chi connectivity index (χ1v) is 12.8. The summed E-state index contributed by atoms with van der Waals surface area (Å²) >= 11 is 0. The van der Waals surface area contributed by atoms with E-state index in [0.29, 0.717) is 28.9 Å². The van der Waals surface area contributed by atoms with Crippen LogP contribution in [0.1, 0.15) is 25.0 Å². The molecule has 3 aromatic heterocycles. The molecule has 0 amide bonds. The van der Waals surface area contributed by atoms with Gasteiger partial charge in [-0.1, -0.05) is 6.07 Å². The van der Waals surface area contributed by atoms with Crippen LogP contribution in [-0.4, -0.2) is 75.8 Å². The van der Waals surface area contributed by atoms with Crippen molar-refractivity contribution in [1.82, 2.24) is 19.4 Å². The lowest BCUT2D eigenvalue weighted by Gasteiger charge is -2.46. The lowest BCUT2D eigenvalue weighted by atomic mass is 9.97. The van der Waals surface area contributed by atoms with E-state index in [1.807, 2.05) is 24.4 Å². The summed E-state index contributed by atoms with van der Waals surface area (Å²) in [5, 5.41) is 13.6. The van der Waals surface area contributed by atoms with E-state index in [0.717, 1.165) is 43.9 Å². The topological polar surface area (TPSA) is 105 Å². The van der Waals surface area contributed by atoms with Crippen LogP contribution in [0.2, 0.25) is 0 Å². The van der Waals surface area contributed by atoms with Gasteiger partial charge in [0.05, 0.1) is 42.2 Å². The number of aliphatic hydroxyl groups excluding tert-OH is 1. The molecule has 3 aliphatic rings. The van der Waals surface area contributed by atoms with Gasteiger partial charge in [-0.3, -0.25) is 14.7 Å². The Bertz CT molecular complexity index is 1330. The molecule has 4 atom stereocenters. The Morgan fingerprint density at radius 3 is 2.62 bits per heavy atom. The Morgan fingerprint density at radius 1 is 1.11 bits per heavy atom. The molecule has 4 unspecified atom stereocenters. The summed E-state index contributed by atoms with van der Waals surface area (Å²) in [7, 11) is 1.71.